The smallest absolute Gasteiger partial charge is 0.329 e. The normalized spacial score (nSPS) is 33.7. The van der Waals surface area contributed by atoms with Gasteiger partial charge in [-0.2, -0.15) is 0 Å². The van der Waals surface area contributed by atoms with E-state index >= 15 is 0 Å². The van der Waals surface area contributed by atoms with Gasteiger partial charge in [-0.25, -0.2) is 4.79 Å². The molecule has 4 bridgehead atoms. The van der Waals surface area contributed by atoms with Gasteiger partial charge in [0.15, 0.2) is 6.10 Å². The summed E-state index contributed by atoms with van der Waals surface area (Å²) in [6.45, 7) is 2.61. The molecule has 0 unspecified atom stereocenters. The largest absolute Gasteiger partial charge is 0.451 e. The summed E-state index contributed by atoms with van der Waals surface area (Å²) in [6, 6.07) is 9.07. The second-order valence-electron chi connectivity index (χ2n) is 10.6. The Kier molecular flexibility index (Phi) is 5.72. The number of hydrogen-bond donors (Lipinski definition) is 1. The van der Waals surface area contributed by atoms with Crippen molar-refractivity contribution in [3.63, 3.8) is 0 Å². The minimum Gasteiger partial charge on any atom is -0.451 e. The lowest BCUT2D eigenvalue weighted by atomic mass is 9.49. The van der Waals surface area contributed by atoms with Crippen LogP contribution in [0.25, 0.3) is 0 Å². The van der Waals surface area contributed by atoms with Crippen LogP contribution in [-0.4, -0.2) is 41.4 Å². The Balaban J connectivity index is 1.19. The summed E-state index contributed by atoms with van der Waals surface area (Å²) in [5.74, 6) is 1.48. The summed E-state index contributed by atoms with van der Waals surface area (Å²) in [5, 5.41) is 2.82. The van der Waals surface area contributed by atoms with Gasteiger partial charge in [0.2, 0.25) is 5.91 Å². The number of carbonyl (C=O) groups is 3. The maximum absolute atomic E-state index is 13.7. The molecule has 32 heavy (non-hydrogen) atoms. The lowest BCUT2D eigenvalue weighted by Crippen LogP contribution is -2.56. The first-order chi connectivity index (χ1) is 15.4. The van der Waals surface area contributed by atoms with Crippen LogP contribution in [0, 0.1) is 23.2 Å². The van der Waals surface area contributed by atoms with Crippen LogP contribution >= 0.6 is 0 Å². The monoisotopic (exact) mass is 438 g/mol. The van der Waals surface area contributed by atoms with Crippen LogP contribution in [0.5, 0.6) is 0 Å². The number of likely N-dealkylation sites (tertiary alicyclic amines) is 1. The van der Waals surface area contributed by atoms with Gasteiger partial charge in [0.05, 0.1) is 5.41 Å². The van der Waals surface area contributed by atoms with Gasteiger partial charge < -0.3 is 15.0 Å². The van der Waals surface area contributed by atoms with Crippen molar-refractivity contribution in [3.8, 4) is 0 Å². The molecule has 1 N–H and O–H groups in total. The summed E-state index contributed by atoms with van der Waals surface area (Å²) < 4.78 is 5.54. The highest BCUT2D eigenvalue weighted by Gasteiger charge is 2.57. The van der Waals surface area contributed by atoms with Gasteiger partial charge in [0.25, 0.3) is 5.91 Å². The van der Waals surface area contributed by atoms with Crippen molar-refractivity contribution in [2.45, 2.75) is 77.0 Å². The van der Waals surface area contributed by atoms with Crippen molar-refractivity contribution in [1.29, 1.82) is 0 Å². The minimum atomic E-state index is -0.886. The summed E-state index contributed by atoms with van der Waals surface area (Å²) >= 11 is 0. The van der Waals surface area contributed by atoms with Crippen molar-refractivity contribution in [2.24, 2.45) is 23.2 Å². The molecule has 4 aliphatic carbocycles. The number of esters is 1. The molecule has 4 saturated carbocycles. The Bertz CT molecular complexity index is 848. The maximum atomic E-state index is 13.7. The first kappa shape index (κ1) is 21.5. The van der Waals surface area contributed by atoms with Crippen molar-refractivity contribution < 1.29 is 19.1 Å². The highest BCUT2D eigenvalue weighted by Crippen LogP contribution is 2.60. The second-order valence-corrected chi connectivity index (χ2v) is 10.6. The van der Waals surface area contributed by atoms with Crippen LogP contribution in [0.4, 0.5) is 0 Å². The maximum Gasteiger partial charge on any atom is 0.329 e. The Morgan fingerprint density at radius 3 is 2.31 bits per heavy atom. The number of rotatable bonds is 6. The number of ether oxygens (including phenoxy) is 1. The molecule has 6 heteroatoms. The third-order valence-corrected chi connectivity index (χ3v) is 8.25. The van der Waals surface area contributed by atoms with E-state index in [2.05, 4.69) is 5.32 Å². The number of nitrogens with zero attached hydrogens (tertiary/aromatic N) is 1. The quantitative estimate of drug-likeness (QED) is 0.691. The molecule has 1 heterocycles. The number of hydrogen-bond acceptors (Lipinski definition) is 4. The molecule has 2 amide bonds. The average Bonchev–Trinajstić information content (AvgIpc) is 3.26. The van der Waals surface area contributed by atoms with Crippen LogP contribution < -0.4 is 5.32 Å². The van der Waals surface area contributed by atoms with E-state index in [1.54, 1.807) is 11.8 Å². The molecule has 6 nitrogen and oxygen atoms in total. The zero-order valence-corrected chi connectivity index (χ0v) is 18.9. The van der Waals surface area contributed by atoms with E-state index in [0.29, 0.717) is 37.3 Å². The van der Waals surface area contributed by atoms with E-state index in [1.807, 2.05) is 30.3 Å². The van der Waals surface area contributed by atoms with Gasteiger partial charge in [-0.3, -0.25) is 9.59 Å². The lowest BCUT2D eigenvalue weighted by molar-refractivity contribution is -0.168. The van der Waals surface area contributed by atoms with E-state index in [9.17, 15) is 14.4 Å². The van der Waals surface area contributed by atoms with Crippen molar-refractivity contribution >= 4 is 17.8 Å². The fourth-order valence-corrected chi connectivity index (χ4v) is 7.17. The van der Waals surface area contributed by atoms with Crippen molar-refractivity contribution in [3.05, 3.63) is 35.9 Å². The highest BCUT2D eigenvalue weighted by atomic mass is 16.5. The second kappa shape index (κ2) is 8.53. The third-order valence-electron chi connectivity index (χ3n) is 8.25. The third kappa shape index (κ3) is 4.04. The van der Waals surface area contributed by atoms with E-state index in [1.165, 1.54) is 19.3 Å². The molecule has 5 fully saturated rings. The van der Waals surface area contributed by atoms with Crippen LogP contribution in [-0.2, 0) is 25.7 Å². The molecule has 0 radical (unpaired) electrons. The molecule has 0 spiro atoms. The minimum absolute atomic E-state index is 0.178. The van der Waals surface area contributed by atoms with E-state index in [-0.39, 0.29) is 17.2 Å². The molecular weight excluding hydrogens is 404 g/mol. The molecule has 1 aliphatic heterocycles. The van der Waals surface area contributed by atoms with Crippen LogP contribution in [0.2, 0.25) is 0 Å². The SMILES string of the molecule is C[C@@H](OC(=O)[C@H]1CCCN1C(=O)C12CC3CC(CC(C3)C1)C2)C(=O)NCc1ccccc1. The van der Waals surface area contributed by atoms with Gasteiger partial charge >= 0.3 is 5.97 Å². The Morgan fingerprint density at radius 1 is 1.06 bits per heavy atom. The molecule has 2 atom stereocenters. The number of amides is 2. The predicted molar refractivity (Wildman–Crippen MR) is 119 cm³/mol. The predicted octanol–water partition coefficient (Wildman–Crippen LogP) is 3.44. The summed E-state index contributed by atoms with van der Waals surface area (Å²) in [4.78, 5) is 41.0. The lowest BCUT2D eigenvalue weighted by Gasteiger charge is -2.56. The van der Waals surface area contributed by atoms with Gasteiger partial charge in [-0.1, -0.05) is 30.3 Å². The highest BCUT2D eigenvalue weighted by molar-refractivity contribution is 5.90. The number of benzene rings is 1. The van der Waals surface area contributed by atoms with Gasteiger partial charge in [-0.05, 0) is 81.6 Å². The van der Waals surface area contributed by atoms with Gasteiger partial charge in [0.1, 0.15) is 6.04 Å². The Labute approximate surface area is 190 Å². The molecular formula is C26H34N2O4. The molecule has 1 aromatic carbocycles. The fourth-order valence-electron chi connectivity index (χ4n) is 7.17. The molecule has 1 aromatic rings. The van der Waals surface area contributed by atoms with E-state index in [4.69, 9.17) is 4.74 Å². The molecule has 172 valence electrons. The Hall–Kier alpha value is -2.37. The topological polar surface area (TPSA) is 75.7 Å². The number of nitrogens with one attached hydrogen (secondary N) is 1. The molecule has 0 aromatic heterocycles. The van der Waals surface area contributed by atoms with Crippen LogP contribution in [0.15, 0.2) is 30.3 Å². The first-order valence-corrected chi connectivity index (χ1v) is 12.3. The zero-order chi connectivity index (χ0) is 22.3. The molecule has 1 saturated heterocycles. The molecule has 5 aliphatic rings. The molecule has 6 rings (SSSR count). The van der Waals surface area contributed by atoms with Gasteiger partial charge in [-0.15, -0.1) is 0 Å². The Morgan fingerprint density at radius 2 is 1.69 bits per heavy atom. The first-order valence-electron chi connectivity index (χ1n) is 12.3. The average molecular weight is 439 g/mol. The zero-order valence-electron chi connectivity index (χ0n) is 18.9. The van der Waals surface area contributed by atoms with Crippen LogP contribution in [0.3, 0.4) is 0 Å². The summed E-state index contributed by atoms with van der Waals surface area (Å²) in [7, 11) is 0. The van der Waals surface area contributed by atoms with Gasteiger partial charge in [0, 0.05) is 13.1 Å². The van der Waals surface area contributed by atoms with Crippen molar-refractivity contribution in [2.75, 3.05) is 6.54 Å². The fraction of sp³-hybridized carbons (Fsp3) is 0.654. The number of carbonyl (C=O) groups excluding carboxylic acids is 3. The van der Waals surface area contributed by atoms with E-state index < -0.39 is 18.1 Å². The van der Waals surface area contributed by atoms with E-state index in [0.717, 1.165) is 31.2 Å². The standard InChI is InChI=1S/C26H34N2O4/c1-17(23(29)27-16-18-6-3-2-4-7-18)32-24(30)22-8-5-9-28(22)25(31)26-13-19-10-20(14-26)12-21(11-19)15-26/h2-4,6-7,17,19-22H,5,8-16H2,1H3,(H,27,29)/t17-,19?,20?,21?,22-,26?/m1/s1. The summed E-state index contributed by atoms with van der Waals surface area (Å²) in [5.41, 5.74) is 0.735. The van der Waals surface area contributed by atoms with Crippen molar-refractivity contribution in [1.82, 2.24) is 10.2 Å². The summed E-state index contributed by atoms with van der Waals surface area (Å²) in [6.07, 6.45) is 7.39. The van der Waals surface area contributed by atoms with Crippen LogP contribution in [0.1, 0.15) is 63.9 Å².